The summed E-state index contributed by atoms with van der Waals surface area (Å²) in [6.45, 7) is 0. The number of benzene rings is 1. The highest BCUT2D eigenvalue weighted by molar-refractivity contribution is 5.70. The zero-order valence-corrected chi connectivity index (χ0v) is 11.8. The van der Waals surface area contributed by atoms with Crippen molar-refractivity contribution in [2.45, 2.75) is 44.1 Å². The van der Waals surface area contributed by atoms with Crippen molar-refractivity contribution in [2.75, 3.05) is 7.11 Å². The maximum absolute atomic E-state index is 11.4. The van der Waals surface area contributed by atoms with Crippen LogP contribution in [0.5, 0.6) is 5.75 Å². The summed E-state index contributed by atoms with van der Waals surface area (Å²) < 4.78 is 5.09. The maximum Gasteiger partial charge on any atom is 0.306 e. The molecular weight excluding hydrogens is 256 g/mol. The third-order valence-electron chi connectivity index (χ3n) is 4.15. The molecule has 1 aliphatic carbocycles. The van der Waals surface area contributed by atoms with Crippen molar-refractivity contribution >= 4 is 5.97 Å². The van der Waals surface area contributed by atoms with Gasteiger partial charge in [0.15, 0.2) is 0 Å². The first kappa shape index (κ1) is 14.9. The average Bonchev–Trinajstić information content (AvgIpc) is 2.85. The zero-order valence-electron chi connectivity index (χ0n) is 11.8. The first-order valence-corrected chi connectivity index (χ1v) is 7.10. The molecule has 1 unspecified atom stereocenters. The quantitative estimate of drug-likeness (QED) is 0.839. The number of aliphatic carboxylic acids is 1. The SMILES string of the molecule is COc1ccc(CC(CC2(O)CCCC2)C(=O)O)cc1. The van der Waals surface area contributed by atoms with Gasteiger partial charge in [0.05, 0.1) is 18.6 Å². The second kappa shape index (κ2) is 6.27. The van der Waals surface area contributed by atoms with E-state index in [1.807, 2.05) is 24.3 Å². The number of hydrogen-bond donors (Lipinski definition) is 2. The molecule has 1 aliphatic rings. The Kier molecular flexibility index (Phi) is 4.65. The molecule has 1 aromatic carbocycles. The van der Waals surface area contributed by atoms with Gasteiger partial charge in [0.25, 0.3) is 0 Å². The van der Waals surface area contributed by atoms with E-state index >= 15 is 0 Å². The van der Waals surface area contributed by atoms with Gasteiger partial charge in [0.2, 0.25) is 0 Å². The number of carboxylic acid groups (broad SMARTS) is 1. The standard InChI is InChI=1S/C16H22O4/c1-20-14-6-4-12(5-7-14)10-13(15(17)18)11-16(19)8-2-3-9-16/h4-7,13,19H,2-3,8-11H2,1H3,(H,17,18). The minimum absolute atomic E-state index is 0.342. The molecule has 1 fully saturated rings. The molecule has 2 N–H and O–H groups in total. The highest BCUT2D eigenvalue weighted by atomic mass is 16.5. The average molecular weight is 278 g/mol. The molecule has 0 heterocycles. The third-order valence-corrected chi connectivity index (χ3v) is 4.15. The Morgan fingerprint density at radius 2 is 1.90 bits per heavy atom. The second-order valence-electron chi connectivity index (χ2n) is 5.72. The Morgan fingerprint density at radius 1 is 1.30 bits per heavy atom. The van der Waals surface area contributed by atoms with Crippen LogP contribution in [-0.4, -0.2) is 28.9 Å². The van der Waals surface area contributed by atoms with E-state index in [0.717, 1.165) is 37.0 Å². The number of rotatable bonds is 6. The summed E-state index contributed by atoms with van der Waals surface area (Å²) in [6.07, 6.45) is 4.21. The van der Waals surface area contributed by atoms with Crippen LogP contribution >= 0.6 is 0 Å². The van der Waals surface area contributed by atoms with Gasteiger partial charge in [-0.3, -0.25) is 4.79 Å². The van der Waals surface area contributed by atoms with E-state index in [9.17, 15) is 15.0 Å². The lowest BCUT2D eigenvalue weighted by atomic mass is 9.85. The maximum atomic E-state index is 11.4. The first-order chi connectivity index (χ1) is 9.52. The molecule has 1 aromatic rings. The summed E-state index contributed by atoms with van der Waals surface area (Å²) in [5.74, 6) is -0.609. The Morgan fingerprint density at radius 3 is 2.40 bits per heavy atom. The van der Waals surface area contributed by atoms with Crippen LogP contribution < -0.4 is 4.74 Å². The van der Waals surface area contributed by atoms with Gasteiger partial charge in [0.1, 0.15) is 5.75 Å². The van der Waals surface area contributed by atoms with Crippen LogP contribution in [0.4, 0.5) is 0 Å². The van der Waals surface area contributed by atoms with E-state index in [2.05, 4.69) is 0 Å². The number of carboxylic acids is 1. The molecule has 1 atom stereocenters. The van der Waals surface area contributed by atoms with Crippen LogP contribution in [-0.2, 0) is 11.2 Å². The third kappa shape index (κ3) is 3.73. The lowest BCUT2D eigenvalue weighted by Gasteiger charge is -2.26. The molecule has 2 rings (SSSR count). The zero-order chi connectivity index (χ0) is 14.6. The van der Waals surface area contributed by atoms with Crippen molar-refractivity contribution in [2.24, 2.45) is 5.92 Å². The Labute approximate surface area is 119 Å². The fourth-order valence-electron chi connectivity index (χ4n) is 2.99. The molecule has 0 spiro atoms. The lowest BCUT2D eigenvalue weighted by molar-refractivity contribution is -0.144. The molecule has 4 heteroatoms. The highest BCUT2D eigenvalue weighted by Gasteiger charge is 2.36. The van der Waals surface area contributed by atoms with Crippen LogP contribution in [0.25, 0.3) is 0 Å². The normalized spacial score (nSPS) is 18.7. The largest absolute Gasteiger partial charge is 0.497 e. The topological polar surface area (TPSA) is 66.8 Å². The van der Waals surface area contributed by atoms with Crippen LogP contribution in [0.2, 0.25) is 0 Å². The molecule has 0 aromatic heterocycles. The number of carbonyl (C=O) groups is 1. The van der Waals surface area contributed by atoms with Gasteiger partial charge in [0, 0.05) is 0 Å². The molecule has 0 amide bonds. The van der Waals surface area contributed by atoms with E-state index in [0.29, 0.717) is 12.8 Å². The summed E-state index contributed by atoms with van der Waals surface area (Å²) >= 11 is 0. The van der Waals surface area contributed by atoms with Crippen LogP contribution in [0, 0.1) is 5.92 Å². The Bertz CT molecular complexity index is 446. The molecular formula is C16H22O4. The second-order valence-corrected chi connectivity index (χ2v) is 5.72. The van der Waals surface area contributed by atoms with Gasteiger partial charge in [-0.25, -0.2) is 0 Å². The van der Waals surface area contributed by atoms with E-state index in [1.165, 1.54) is 0 Å². The predicted octanol–water partition coefficient (Wildman–Crippen LogP) is 2.63. The monoisotopic (exact) mass is 278 g/mol. The predicted molar refractivity (Wildman–Crippen MR) is 75.9 cm³/mol. The molecule has 20 heavy (non-hydrogen) atoms. The summed E-state index contributed by atoms with van der Waals surface area (Å²) in [5, 5.41) is 19.8. The van der Waals surface area contributed by atoms with Crippen molar-refractivity contribution < 1.29 is 19.7 Å². The van der Waals surface area contributed by atoms with Gasteiger partial charge in [-0.2, -0.15) is 0 Å². The van der Waals surface area contributed by atoms with Crippen molar-refractivity contribution in [3.63, 3.8) is 0 Å². The molecule has 0 radical (unpaired) electrons. The summed E-state index contributed by atoms with van der Waals surface area (Å²) in [6, 6.07) is 7.43. The van der Waals surface area contributed by atoms with Crippen molar-refractivity contribution in [1.29, 1.82) is 0 Å². The highest BCUT2D eigenvalue weighted by Crippen LogP contribution is 2.35. The number of ether oxygens (including phenoxy) is 1. The first-order valence-electron chi connectivity index (χ1n) is 7.10. The molecule has 4 nitrogen and oxygen atoms in total. The van der Waals surface area contributed by atoms with Crippen LogP contribution in [0.1, 0.15) is 37.7 Å². The van der Waals surface area contributed by atoms with Gasteiger partial charge >= 0.3 is 5.97 Å². The molecule has 0 aliphatic heterocycles. The van der Waals surface area contributed by atoms with E-state index in [1.54, 1.807) is 7.11 Å². The number of hydrogen-bond acceptors (Lipinski definition) is 3. The van der Waals surface area contributed by atoms with Gasteiger partial charge < -0.3 is 14.9 Å². The van der Waals surface area contributed by atoms with Crippen molar-refractivity contribution in [1.82, 2.24) is 0 Å². The van der Waals surface area contributed by atoms with Crippen LogP contribution in [0.15, 0.2) is 24.3 Å². The molecule has 0 bridgehead atoms. The van der Waals surface area contributed by atoms with Gasteiger partial charge in [-0.05, 0) is 43.4 Å². The number of methoxy groups -OCH3 is 1. The van der Waals surface area contributed by atoms with E-state index < -0.39 is 17.5 Å². The fraction of sp³-hybridized carbons (Fsp3) is 0.562. The summed E-state index contributed by atoms with van der Waals surface area (Å²) in [5.41, 5.74) is 0.176. The molecule has 1 saturated carbocycles. The van der Waals surface area contributed by atoms with Crippen molar-refractivity contribution in [3.05, 3.63) is 29.8 Å². The lowest BCUT2D eigenvalue weighted by Crippen LogP contribution is -2.32. The van der Waals surface area contributed by atoms with Crippen LogP contribution in [0.3, 0.4) is 0 Å². The fourth-order valence-corrected chi connectivity index (χ4v) is 2.99. The Hall–Kier alpha value is -1.55. The summed E-state index contributed by atoms with van der Waals surface area (Å²) in [4.78, 5) is 11.4. The van der Waals surface area contributed by atoms with E-state index in [-0.39, 0.29) is 0 Å². The molecule has 110 valence electrons. The summed E-state index contributed by atoms with van der Waals surface area (Å²) in [7, 11) is 1.60. The number of aliphatic hydroxyl groups is 1. The molecule has 0 saturated heterocycles. The smallest absolute Gasteiger partial charge is 0.306 e. The Balaban J connectivity index is 2.03. The minimum atomic E-state index is -0.832. The van der Waals surface area contributed by atoms with Gasteiger partial charge in [-0.1, -0.05) is 25.0 Å². The van der Waals surface area contributed by atoms with Gasteiger partial charge in [-0.15, -0.1) is 0 Å². The minimum Gasteiger partial charge on any atom is -0.497 e. The van der Waals surface area contributed by atoms with Crippen molar-refractivity contribution in [3.8, 4) is 5.75 Å². The van der Waals surface area contributed by atoms with E-state index in [4.69, 9.17) is 4.74 Å².